The van der Waals surface area contributed by atoms with E-state index in [4.69, 9.17) is 5.73 Å². The van der Waals surface area contributed by atoms with Gasteiger partial charge in [0.15, 0.2) is 0 Å². The zero-order chi connectivity index (χ0) is 11.3. The van der Waals surface area contributed by atoms with Crippen LogP contribution < -0.4 is 5.73 Å². The van der Waals surface area contributed by atoms with Gasteiger partial charge in [0.2, 0.25) is 0 Å². The SMILES string of the molecule is CCC(CCCN)c1cc(F)ccc1F. The molecule has 1 nitrogen and oxygen atoms in total. The van der Waals surface area contributed by atoms with Crippen molar-refractivity contribution in [2.24, 2.45) is 5.73 Å². The van der Waals surface area contributed by atoms with E-state index in [0.717, 1.165) is 25.3 Å². The average Bonchev–Trinajstić information content (AvgIpc) is 2.24. The van der Waals surface area contributed by atoms with E-state index in [-0.39, 0.29) is 17.6 Å². The van der Waals surface area contributed by atoms with Crippen molar-refractivity contribution in [2.75, 3.05) is 6.54 Å². The van der Waals surface area contributed by atoms with Crippen LogP contribution in [0.3, 0.4) is 0 Å². The third kappa shape index (κ3) is 3.27. The van der Waals surface area contributed by atoms with Crippen molar-refractivity contribution in [1.82, 2.24) is 0 Å². The predicted molar refractivity (Wildman–Crippen MR) is 57.7 cm³/mol. The number of rotatable bonds is 5. The summed E-state index contributed by atoms with van der Waals surface area (Å²) >= 11 is 0. The molecule has 0 amide bonds. The molecule has 1 aromatic carbocycles. The first-order valence-corrected chi connectivity index (χ1v) is 5.34. The summed E-state index contributed by atoms with van der Waals surface area (Å²) in [7, 11) is 0. The van der Waals surface area contributed by atoms with Gasteiger partial charge < -0.3 is 5.73 Å². The highest BCUT2D eigenvalue weighted by molar-refractivity contribution is 5.22. The summed E-state index contributed by atoms with van der Waals surface area (Å²) in [6.07, 6.45) is 2.46. The third-order valence-electron chi connectivity index (χ3n) is 2.65. The molecule has 0 fully saturated rings. The monoisotopic (exact) mass is 213 g/mol. The molecule has 0 saturated heterocycles. The second-order valence-corrected chi connectivity index (χ2v) is 3.70. The molecule has 0 bridgehead atoms. The Labute approximate surface area is 89.3 Å². The molecule has 0 aliphatic rings. The molecule has 1 unspecified atom stereocenters. The molecule has 15 heavy (non-hydrogen) atoms. The molecule has 84 valence electrons. The quantitative estimate of drug-likeness (QED) is 0.798. The van der Waals surface area contributed by atoms with Crippen LogP contribution in [0.1, 0.15) is 37.7 Å². The maximum atomic E-state index is 13.4. The minimum Gasteiger partial charge on any atom is -0.330 e. The van der Waals surface area contributed by atoms with Gasteiger partial charge in [0, 0.05) is 0 Å². The van der Waals surface area contributed by atoms with Gasteiger partial charge in [0.1, 0.15) is 11.6 Å². The number of hydrogen-bond donors (Lipinski definition) is 1. The van der Waals surface area contributed by atoms with E-state index in [1.165, 1.54) is 12.1 Å². The molecule has 2 N–H and O–H groups in total. The van der Waals surface area contributed by atoms with E-state index in [2.05, 4.69) is 0 Å². The summed E-state index contributed by atoms with van der Waals surface area (Å²) < 4.78 is 26.4. The maximum Gasteiger partial charge on any atom is 0.126 e. The summed E-state index contributed by atoms with van der Waals surface area (Å²) in [5.74, 6) is -0.623. The maximum absolute atomic E-state index is 13.4. The molecule has 0 spiro atoms. The van der Waals surface area contributed by atoms with Crippen LogP contribution >= 0.6 is 0 Å². The summed E-state index contributed by atoms with van der Waals surface area (Å²) in [6.45, 7) is 2.57. The number of halogens is 2. The van der Waals surface area contributed by atoms with Gasteiger partial charge in [-0.1, -0.05) is 6.92 Å². The van der Waals surface area contributed by atoms with Gasteiger partial charge >= 0.3 is 0 Å². The zero-order valence-corrected chi connectivity index (χ0v) is 8.97. The summed E-state index contributed by atoms with van der Waals surface area (Å²) in [5.41, 5.74) is 5.89. The molecule has 0 aromatic heterocycles. The van der Waals surface area contributed by atoms with Gasteiger partial charge in [-0.05, 0) is 55.5 Å². The van der Waals surface area contributed by atoms with Crippen LogP contribution in [0, 0.1) is 11.6 Å². The van der Waals surface area contributed by atoms with Crippen molar-refractivity contribution >= 4 is 0 Å². The minimum absolute atomic E-state index is 0.0734. The van der Waals surface area contributed by atoms with Gasteiger partial charge in [-0.25, -0.2) is 8.78 Å². The van der Waals surface area contributed by atoms with Crippen LogP contribution in [0.25, 0.3) is 0 Å². The molecule has 1 atom stereocenters. The highest BCUT2D eigenvalue weighted by atomic mass is 19.1. The molecule has 1 rings (SSSR count). The fourth-order valence-corrected chi connectivity index (χ4v) is 1.77. The lowest BCUT2D eigenvalue weighted by Crippen LogP contribution is -2.05. The first-order chi connectivity index (χ1) is 7.19. The fourth-order valence-electron chi connectivity index (χ4n) is 1.77. The lowest BCUT2D eigenvalue weighted by molar-refractivity contribution is 0.522. The van der Waals surface area contributed by atoms with Crippen molar-refractivity contribution in [3.8, 4) is 0 Å². The Hall–Kier alpha value is -0.960. The molecular weight excluding hydrogens is 196 g/mol. The van der Waals surface area contributed by atoms with Crippen molar-refractivity contribution in [3.05, 3.63) is 35.4 Å². The highest BCUT2D eigenvalue weighted by Gasteiger charge is 2.14. The Morgan fingerprint density at radius 1 is 1.33 bits per heavy atom. The van der Waals surface area contributed by atoms with Crippen LogP contribution in [-0.4, -0.2) is 6.54 Å². The zero-order valence-electron chi connectivity index (χ0n) is 8.97. The van der Waals surface area contributed by atoms with Gasteiger partial charge in [0.05, 0.1) is 0 Å². The Morgan fingerprint density at radius 3 is 2.67 bits per heavy atom. The van der Waals surface area contributed by atoms with Crippen LogP contribution in [0.5, 0.6) is 0 Å². The topological polar surface area (TPSA) is 26.0 Å². The average molecular weight is 213 g/mol. The van der Waals surface area contributed by atoms with E-state index < -0.39 is 0 Å². The Kier molecular flexibility index (Phi) is 4.69. The predicted octanol–water partition coefficient (Wildman–Crippen LogP) is 3.20. The number of benzene rings is 1. The van der Waals surface area contributed by atoms with Crippen LogP contribution in [0.2, 0.25) is 0 Å². The Morgan fingerprint density at radius 2 is 2.07 bits per heavy atom. The first-order valence-electron chi connectivity index (χ1n) is 5.34. The van der Waals surface area contributed by atoms with Crippen molar-refractivity contribution < 1.29 is 8.78 Å². The molecule has 0 heterocycles. The normalized spacial score (nSPS) is 12.8. The number of nitrogens with two attached hydrogens (primary N) is 1. The van der Waals surface area contributed by atoms with Crippen molar-refractivity contribution in [1.29, 1.82) is 0 Å². The van der Waals surface area contributed by atoms with E-state index >= 15 is 0 Å². The minimum atomic E-state index is -0.377. The lowest BCUT2D eigenvalue weighted by Gasteiger charge is -2.15. The first kappa shape index (κ1) is 12.1. The molecule has 0 aliphatic heterocycles. The second-order valence-electron chi connectivity index (χ2n) is 3.70. The van der Waals surface area contributed by atoms with E-state index in [0.29, 0.717) is 12.1 Å². The Bertz CT molecular complexity index is 312. The van der Waals surface area contributed by atoms with Crippen LogP contribution in [0.15, 0.2) is 18.2 Å². The van der Waals surface area contributed by atoms with Crippen LogP contribution in [-0.2, 0) is 0 Å². The van der Waals surface area contributed by atoms with E-state index in [1.807, 2.05) is 6.92 Å². The van der Waals surface area contributed by atoms with Crippen molar-refractivity contribution in [2.45, 2.75) is 32.1 Å². The second kappa shape index (κ2) is 5.81. The summed E-state index contributed by atoms with van der Waals surface area (Å²) in [4.78, 5) is 0. The van der Waals surface area contributed by atoms with Gasteiger partial charge in [-0.15, -0.1) is 0 Å². The molecule has 1 aromatic rings. The lowest BCUT2D eigenvalue weighted by atomic mass is 9.91. The number of hydrogen-bond acceptors (Lipinski definition) is 1. The summed E-state index contributed by atoms with van der Waals surface area (Å²) in [6, 6.07) is 3.63. The fraction of sp³-hybridized carbons (Fsp3) is 0.500. The van der Waals surface area contributed by atoms with Gasteiger partial charge in [-0.3, -0.25) is 0 Å². The summed E-state index contributed by atoms with van der Waals surface area (Å²) in [5, 5.41) is 0. The van der Waals surface area contributed by atoms with Gasteiger partial charge in [-0.2, -0.15) is 0 Å². The van der Waals surface area contributed by atoms with Crippen molar-refractivity contribution in [3.63, 3.8) is 0 Å². The molecule has 3 heteroatoms. The standard InChI is InChI=1S/C12H17F2N/c1-2-9(4-3-7-15)11-8-10(13)5-6-12(11)14/h5-6,8-9H,2-4,7,15H2,1H3. The van der Waals surface area contributed by atoms with Gasteiger partial charge in [0.25, 0.3) is 0 Å². The van der Waals surface area contributed by atoms with Crippen LogP contribution in [0.4, 0.5) is 8.78 Å². The van der Waals surface area contributed by atoms with E-state index in [1.54, 1.807) is 0 Å². The molecule has 0 saturated carbocycles. The van der Waals surface area contributed by atoms with E-state index in [9.17, 15) is 8.78 Å². The molecular formula is C12H17F2N. The molecule has 0 radical (unpaired) electrons. The third-order valence-corrected chi connectivity index (χ3v) is 2.65. The Balaban J connectivity index is 2.85. The molecule has 0 aliphatic carbocycles. The smallest absolute Gasteiger partial charge is 0.126 e. The highest BCUT2D eigenvalue weighted by Crippen LogP contribution is 2.27. The largest absolute Gasteiger partial charge is 0.330 e.